The standard InChI is InChI=1S/C17H15ClN2O4/c1-10-6-7-12(18)9-14(10)20-16(22)15(21)19-13-5-3-4-11(8-13)17(23)24-2/h3-9H,1-2H3,(H,19,21)(H,20,22). The molecule has 0 atom stereocenters. The molecule has 2 aromatic carbocycles. The smallest absolute Gasteiger partial charge is 0.337 e. The highest BCUT2D eigenvalue weighted by atomic mass is 35.5. The molecule has 0 aliphatic carbocycles. The molecule has 2 aromatic rings. The van der Waals surface area contributed by atoms with Crippen molar-refractivity contribution in [2.75, 3.05) is 17.7 Å². The van der Waals surface area contributed by atoms with Gasteiger partial charge in [-0.3, -0.25) is 9.59 Å². The van der Waals surface area contributed by atoms with E-state index in [4.69, 9.17) is 11.6 Å². The number of ether oxygens (including phenoxy) is 1. The minimum atomic E-state index is -0.864. The Bertz CT molecular complexity index is 805. The van der Waals surface area contributed by atoms with Gasteiger partial charge in [-0.15, -0.1) is 0 Å². The SMILES string of the molecule is COC(=O)c1cccc(NC(=O)C(=O)Nc2cc(Cl)ccc2C)c1. The molecule has 0 aromatic heterocycles. The van der Waals surface area contributed by atoms with Crippen LogP contribution in [0, 0.1) is 6.92 Å². The summed E-state index contributed by atoms with van der Waals surface area (Å²) in [6, 6.07) is 11.1. The van der Waals surface area contributed by atoms with Gasteiger partial charge >= 0.3 is 17.8 Å². The van der Waals surface area contributed by atoms with Crippen LogP contribution in [0.2, 0.25) is 5.02 Å². The Kier molecular flexibility index (Phi) is 5.55. The quantitative estimate of drug-likeness (QED) is 0.661. The number of amides is 2. The van der Waals surface area contributed by atoms with Crippen LogP contribution in [0.5, 0.6) is 0 Å². The highest BCUT2D eigenvalue weighted by Crippen LogP contribution is 2.20. The third kappa shape index (κ3) is 4.33. The Hall–Kier alpha value is -2.86. The van der Waals surface area contributed by atoms with E-state index in [1.54, 1.807) is 37.3 Å². The number of carbonyl (C=O) groups excluding carboxylic acids is 3. The summed E-state index contributed by atoms with van der Waals surface area (Å²) in [5.74, 6) is -2.25. The van der Waals surface area contributed by atoms with Gasteiger partial charge in [0.05, 0.1) is 12.7 Å². The normalized spacial score (nSPS) is 9.96. The predicted molar refractivity (Wildman–Crippen MR) is 91.2 cm³/mol. The molecule has 0 radical (unpaired) electrons. The first kappa shape index (κ1) is 17.5. The van der Waals surface area contributed by atoms with Gasteiger partial charge in [0.15, 0.2) is 0 Å². The molecule has 0 heterocycles. The van der Waals surface area contributed by atoms with Crippen molar-refractivity contribution in [2.45, 2.75) is 6.92 Å². The predicted octanol–water partition coefficient (Wildman–Crippen LogP) is 3.01. The molecule has 124 valence electrons. The summed E-state index contributed by atoms with van der Waals surface area (Å²) < 4.78 is 4.60. The van der Waals surface area contributed by atoms with Crippen LogP contribution in [0.1, 0.15) is 15.9 Å². The van der Waals surface area contributed by atoms with Gasteiger partial charge in [0.1, 0.15) is 0 Å². The van der Waals surface area contributed by atoms with Gasteiger partial charge in [-0.05, 0) is 42.8 Å². The molecule has 0 saturated carbocycles. The number of carbonyl (C=O) groups is 3. The van der Waals surface area contributed by atoms with E-state index in [0.29, 0.717) is 16.4 Å². The van der Waals surface area contributed by atoms with Crippen molar-refractivity contribution >= 4 is 40.8 Å². The molecular formula is C17H15ClN2O4. The minimum Gasteiger partial charge on any atom is -0.465 e. The lowest BCUT2D eigenvalue weighted by Gasteiger charge is -2.09. The molecule has 0 unspecified atom stereocenters. The highest BCUT2D eigenvalue weighted by Gasteiger charge is 2.16. The molecule has 24 heavy (non-hydrogen) atoms. The first-order valence-electron chi connectivity index (χ1n) is 6.97. The Morgan fingerprint density at radius 3 is 2.42 bits per heavy atom. The Balaban J connectivity index is 2.08. The van der Waals surface area contributed by atoms with Crippen LogP contribution in [0.3, 0.4) is 0 Å². The van der Waals surface area contributed by atoms with Crippen molar-refractivity contribution in [1.82, 2.24) is 0 Å². The van der Waals surface area contributed by atoms with Gasteiger partial charge in [-0.1, -0.05) is 23.7 Å². The maximum atomic E-state index is 12.0. The lowest BCUT2D eigenvalue weighted by atomic mass is 10.2. The van der Waals surface area contributed by atoms with Crippen molar-refractivity contribution < 1.29 is 19.1 Å². The first-order valence-corrected chi connectivity index (χ1v) is 7.35. The second-order valence-corrected chi connectivity index (χ2v) is 5.38. The summed E-state index contributed by atoms with van der Waals surface area (Å²) in [7, 11) is 1.26. The van der Waals surface area contributed by atoms with Crippen molar-refractivity contribution in [3.8, 4) is 0 Å². The molecular weight excluding hydrogens is 332 g/mol. The molecule has 2 N–H and O–H groups in total. The van der Waals surface area contributed by atoms with Crippen molar-refractivity contribution in [2.24, 2.45) is 0 Å². The van der Waals surface area contributed by atoms with E-state index >= 15 is 0 Å². The van der Waals surface area contributed by atoms with E-state index in [0.717, 1.165) is 5.56 Å². The van der Waals surface area contributed by atoms with Crippen LogP contribution >= 0.6 is 11.6 Å². The summed E-state index contributed by atoms with van der Waals surface area (Å²) in [6.45, 7) is 1.78. The van der Waals surface area contributed by atoms with Crippen LogP contribution < -0.4 is 10.6 Å². The average Bonchev–Trinajstić information content (AvgIpc) is 2.57. The zero-order valence-corrected chi connectivity index (χ0v) is 13.8. The summed E-state index contributed by atoms with van der Waals surface area (Å²) in [5.41, 5.74) is 1.79. The molecule has 2 amide bonds. The zero-order chi connectivity index (χ0) is 17.7. The maximum Gasteiger partial charge on any atom is 0.337 e. The molecule has 0 aliphatic rings. The van der Waals surface area contributed by atoms with E-state index in [9.17, 15) is 14.4 Å². The minimum absolute atomic E-state index is 0.265. The number of hydrogen-bond acceptors (Lipinski definition) is 4. The maximum absolute atomic E-state index is 12.0. The van der Waals surface area contributed by atoms with E-state index in [-0.39, 0.29) is 5.56 Å². The first-order chi connectivity index (χ1) is 11.4. The fourth-order valence-corrected chi connectivity index (χ4v) is 2.11. The third-order valence-electron chi connectivity index (χ3n) is 3.20. The third-order valence-corrected chi connectivity index (χ3v) is 3.43. The largest absolute Gasteiger partial charge is 0.465 e. The van der Waals surface area contributed by atoms with E-state index in [1.165, 1.54) is 19.2 Å². The summed E-state index contributed by atoms with van der Waals surface area (Å²) >= 11 is 5.87. The number of nitrogens with one attached hydrogen (secondary N) is 2. The van der Waals surface area contributed by atoms with Gasteiger partial charge in [-0.25, -0.2) is 4.79 Å². The molecule has 0 fully saturated rings. The van der Waals surface area contributed by atoms with E-state index in [2.05, 4.69) is 15.4 Å². The van der Waals surface area contributed by atoms with Crippen LogP contribution in [0.25, 0.3) is 0 Å². The summed E-state index contributed by atoms with van der Waals surface area (Å²) in [5, 5.41) is 5.36. The Morgan fingerprint density at radius 1 is 1.00 bits per heavy atom. The fraction of sp³-hybridized carbons (Fsp3) is 0.118. The van der Waals surface area contributed by atoms with Crippen molar-refractivity contribution in [1.29, 1.82) is 0 Å². The zero-order valence-electron chi connectivity index (χ0n) is 13.1. The monoisotopic (exact) mass is 346 g/mol. The van der Waals surface area contributed by atoms with Crippen LogP contribution in [-0.4, -0.2) is 24.9 Å². The number of rotatable bonds is 3. The molecule has 2 rings (SSSR count). The Labute approximate surface area is 143 Å². The number of esters is 1. The molecule has 0 aliphatic heterocycles. The fourth-order valence-electron chi connectivity index (χ4n) is 1.94. The van der Waals surface area contributed by atoms with Crippen molar-refractivity contribution in [3.63, 3.8) is 0 Å². The second kappa shape index (κ2) is 7.61. The van der Waals surface area contributed by atoms with Crippen molar-refractivity contribution in [3.05, 3.63) is 58.6 Å². The molecule has 6 nitrogen and oxygen atoms in total. The number of benzene rings is 2. The number of halogens is 1. The van der Waals surface area contributed by atoms with E-state index in [1.807, 2.05) is 0 Å². The van der Waals surface area contributed by atoms with Gasteiger partial charge < -0.3 is 15.4 Å². The summed E-state index contributed by atoms with van der Waals surface area (Å²) in [6.07, 6.45) is 0. The Morgan fingerprint density at radius 2 is 1.71 bits per heavy atom. The van der Waals surface area contributed by atoms with Gasteiger partial charge in [0, 0.05) is 16.4 Å². The lowest BCUT2D eigenvalue weighted by Crippen LogP contribution is -2.29. The van der Waals surface area contributed by atoms with Crippen LogP contribution in [0.15, 0.2) is 42.5 Å². The molecule has 7 heteroatoms. The van der Waals surface area contributed by atoms with E-state index < -0.39 is 17.8 Å². The lowest BCUT2D eigenvalue weighted by molar-refractivity contribution is -0.133. The van der Waals surface area contributed by atoms with Crippen LogP contribution in [-0.2, 0) is 14.3 Å². The van der Waals surface area contributed by atoms with Crippen LogP contribution in [0.4, 0.5) is 11.4 Å². The number of aryl methyl sites for hydroxylation is 1. The number of hydrogen-bond donors (Lipinski definition) is 2. The highest BCUT2D eigenvalue weighted by molar-refractivity contribution is 6.43. The molecule has 0 bridgehead atoms. The molecule has 0 spiro atoms. The number of anilines is 2. The molecule has 0 saturated heterocycles. The average molecular weight is 347 g/mol. The van der Waals surface area contributed by atoms with Gasteiger partial charge in [-0.2, -0.15) is 0 Å². The van der Waals surface area contributed by atoms with Gasteiger partial charge in [0.2, 0.25) is 0 Å². The van der Waals surface area contributed by atoms with Gasteiger partial charge in [0.25, 0.3) is 0 Å². The summed E-state index contributed by atoms with van der Waals surface area (Å²) in [4.78, 5) is 35.5. The topological polar surface area (TPSA) is 84.5 Å². The second-order valence-electron chi connectivity index (χ2n) is 4.94. The number of methoxy groups -OCH3 is 1.